The number of nitrogens with zero attached hydrogens (tertiary/aromatic N) is 2. The van der Waals surface area contributed by atoms with E-state index < -0.39 is 29.7 Å². The number of nitrogens with one attached hydrogen (secondary N) is 2. The number of rotatable bonds is 8. The molecule has 0 spiro atoms. The minimum absolute atomic E-state index is 0.115. The van der Waals surface area contributed by atoms with Gasteiger partial charge in [-0.3, -0.25) is 19.3 Å². The molecule has 2 aromatic heterocycles. The lowest BCUT2D eigenvalue weighted by Crippen LogP contribution is -2.44. The van der Waals surface area contributed by atoms with Crippen LogP contribution in [0.15, 0.2) is 91.3 Å². The fraction of sp³-hybridized carbons (Fsp3) is 0.152. The van der Waals surface area contributed by atoms with Crippen LogP contribution in [0, 0.1) is 0 Å². The minimum atomic E-state index is -0.870. The van der Waals surface area contributed by atoms with E-state index in [0.29, 0.717) is 22.2 Å². The zero-order valence-electron chi connectivity index (χ0n) is 23.1. The number of hydrogen-bond donors (Lipinski definition) is 2. The van der Waals surface area contributed by atoms with Crippen molar-refractivity contribution in [1.82, 2.24) is 19.8 Å². The number of methoxy groups -OCH3 is 1. The molecule has 210 valence electrons. The summed E-state index contributed by atoms with van der Waals surface area (Å²) in [5.74, 6) is -1.75. The molecule has 3 heterocycles. The summed E-state index contributed by atoms with van der Waals surface area (Å²) in [6.45, 7) is -0.115. The number of esters is 1. The molecule has 6 rings (SSSR count). The van der Waals surface area contributed by atoms with Crippen LogP contribution in [0.2, 0.25) is 0 Å². The molecule has 3 amide bonds. The number of aromatic amines is 1. The summed E-state index contributed by atoms with van der Waals surface area (Å²) in [4.78, 5) is 57.1. The third kappa shape index (κ3) is 4.64. The average molecular weight is 561 g/mol. The fourth-order valence-corrected chi connectivity index (χ4v) is 5.58. The maximum atomic E-state index is 13.6. The van der Waals surface area contributed by atoms with Crippen molar-refractivity contribution in [3.8, 4) is 0 Å². The second-order valence-corrected chi connectivity index (χ2v) is 10.2. The first-order valence-electron chi connectivity index (χ1n) is 13.5. The van der Waals surface area contributed by atoms with Gasteiger partial charge in [0.25, 0.3) is 11.8 Å². The lowest BCUT2D eigenvalue weighted by atomic mass is 9.95. The number of carbonyl (C=O) groups excluding carboxylic acids is 4. The van der Waals surface area contributed by atoms with Crippen LogP contribution in [0.4, 0.5) is 0 Å². The Morgan fingerprint density at radius 2 is 1.50 bits per heavy atom. The van der Waals surface area contributed by atoms with E-state index in [1.807, 2.05) is 78.9 Å². The Balaban J connectivity index is 1.39. The molecule has 0 fully saturated rings. The van der Waals surface area contributed by atoms with Gasteiger partial charge in [-0.15, -0.1) is 0 Å². The van der Waals surface area contributed by atoms with E-state index in [1.165, 1.54) is 14.2 Å². The van der Waals surface area contributed by atoms with Crippen LogP contribution in [0.3, 0.4) is 0 Å². The Labute approximate surface area is 241 Å². The van der Waals surface area contributed by atoms with Crippen LogP contribution in [-0.4, -0.2) is 58.3 Å². The van der Waals surface area contributed by atoms with Crippen LogP contribution >= 0.6 is 0 Å². The number of aromatic nitrogens is 2. The van der Waals surface area contributed by atoms with E-state index in [-0.39, 0.29) is 18.5 Å². The Morgan fingerprint density at radius 1 is 0.857 bits per heavy atom. The molecule has 0 unspecified atom stereocenters. The number of ether oxygens (including phenoxy) is 1. The normalized spacial score (nSPS) is 14.2. The van der Waals surface area contributed by atoms with E-state index >= 15 is 0 Å². The van der Waals surface area contributed by atoms with Gasteiger partial charge in [-0.25, -0.2) is 4.79 Å². The van der Waals surface area contributed by atoms with Gasteiger partial charge in [0, 0.05) is 58.8 Å². The molecule has 3 aromatic carbocycles. The molecule has 0 saturated heterocycles. The molecule has 5 aromatic rings. The SMILES string of the molecule is COC(=O)[C@@H](Cc1ccccc1)NC(=O)Cn1cc(C2=C(c3c[nH]c4ccccc34)C(=O)N(C)C2=O)c2ccccc21. The maximum Gasteiger partial charge on any atom is 0.328 e. The Kier molecular flexibility index (Phi) is 6.92. The lowest BCUT2D eigenvalue weighted by molar-refractivity contribution is -0.145. The van der Waals surface area contributed by atoms with Crippen molar-refractivity contribution >= 4 is 56.6 Å². The number of fused-ring (bicyclic) bond motifs is 2. The van der Waals surface area contributed by atoms with Crippen molar-refractivity contribution in [3.05, 3.63) is 108 Å². The number of benzene rings is 3. The van der Waals surface area contributed by atoms with Crippen LogP contribution in [0.1, 0.15) is 16.7 Å². The predicted molar refractivity (Wildman–Crippen MR) is 159 cm³/mol. The van der Waals surface area contributed by atoms with Gasteiger partial charge < -0.3 is 19.6 Å². The molecule has 9 nitrogen and oxygen atoms in total. The van der Waals surface area contributed by atoms with E-state index in [1.54, 1.807) is 17.0 Å². The van der Waals surface area contributed by atoms with Crippen molar-refractivity contribution in [1.29, 1.82) is 0 Å². The summed E-state index contributed by atoms with van der Waals surface area (Å²) in [6, 6.07) is 23.5. The second kappa shape index (κ2) is 10.9. The number of hydrogen-bond acceptors (Lipinski definition) is 5. The van der Waals surface area contributed by atoms with Gasteiger partial charge in [0.15, 0.2) is 0 Å². The molecule has 1 aliphatic heterocycles. The highest BCUT2D eigenvalue weighted by atomic mass is 16.5. The molecule has 1 aliphatic rings. The van der Waals surface area contributed by atoms with Gasteiger partial charge in [-0.2, -0.15) is 0 Å². The van der Waals surface area contributed by atoms with E-state index in [0.717, 1.165) is 26.8 Å². The first-order valence-corrected chi connectivity index (χ1v) is 13.5. The Hall–Kier alpha value is -5.44. The zero-order chi connectivity index (χ0) is 29.4. The van der Waals surface area contributed by atoms with Crippen LogP contribution < -0.4 is 5.32 Å². The second-order valence-electron chi connectivity index (χ2n) is 10.2. The van der Waals surface area contributed by atoms with Crippen molar-refractivity contribution in [2.75, 3.05) is 14.2 Å². The highest BCUT2D eigenvalue weighted by molar-refractivity contribution is 6.50. The third-order valence-electron chi connectivity index (χ3n) is 7.62. The predicted octanol–water partition coefficient (Wildman–Crippen LogP) is 3.93. The van der Waals surface area contributed by atoms with Crippen LogP contribution in [0.25, 0.3) is 33.0 Å². The number of carbonyl (C=O) groups is 4. The highest BCUT2D eigenvalue weighted by Crippen LogP contribution is 2.40. The standard InChI is InChI=1S/C33H28N4O5/c1-36-31(39)29(23-17-34-25-14-8-6-12-21(23)25)30(32(36)40)24-18-37(27-15-9-7-13-22(24)27)19-28(38)35-26(33(41)42-2)16-20-10-4-3-5-11-20/h3-15,17-18,26,34H,16,19H2,1-2H3,(H,35,38)/t26-/m1/s1. The quantitative estimate of drug-likeness (QED) is 0.221. The summed E-state index contributed by atoms with van der Waals surface area (Å²) in [7, 11) is 2.76. The number of imide groups is 1. The molecule has 2 N–H and O–H groups in total. The molecule has 0 aliphatic carbocycles. The average Bonchev–Trinajstić information content (AvgIpc) is 3.66. The molecular weight excluding hydrogens is 532 g/mol. The van der Waals surface area contributed by atoms with Crippen molar-refractivity contribution in [2.45, 2.75) is 19.0 Å². The molecule has 1 atom stereocenters. The van der Waals surface area contributed by atoms with Crippen molar-refractivity contribution in [2.24, 2.45) is 0 Å². The van der Waals surface area contributed by atoms with Gasteiger partial charge in [0.2, 0.25) is 5.91 Å². The number of para-hydroxylation sites is 2. The largest absolute Gasteiger partial charge is 0.467 e. The Bertz CT molecular complexity index is 1900. The third-order valence-corrected chi connectivity index (χ3v) is 7.62. The zero-order valence-corrected chi connectivity index (χ0v) is 23.1. The highest BCUT2D eigenvalue weighted by Gasteiger charge is 2.39. The summed E-state index contributed by atoms with van der Waals surface area (Å²) in [5, 5.41) is 4.36. The molecule has 9 heteroatoms. The van der Waals surface area contributed by atoms with Gasteiger partial charge in [-0.05, 0) is 17.7 Å². The van der Waals surface area contributed by atoms with Crippen LogP contribution in [0.5, 0.6) is 0 Å². The van der Waals surface area contributed by atoms with Gasteiger partial charge in [-0.1, -0.05) is 66.7 Å². The summed E-state index contributed by atoms with van der Waals surface area (Å²) >= 11 is 0. The van der Waals surface area contributed by atoms with Crippen molar-refractivity contribution in [3.63, 3.8) is 0 Å². The topological polar surface area (TPSA) is 114 Å². The first kappa shape index (κ1) is 26.8. The minimum Gasteiger partial charge on any atom is -0.467 e. The first-order chi connectivity index (χ1) is 20.4. The maximum absolute atomic E-state index is 13.6. The molecule has 42 heavy (non-hydrogen) atoms. The number of amides is 3. The van der Waals surface area contributed by atoms with Gasteiger partial charge in [0.1, 0.15) is 12.6 Å². The molecule has 0 radical (unpaired) electrons. The van der Waals surface area contributed by atoms with E-state index in [9.17, 15) is 19.2 Å². The Morgan fingerprint density at radius 3 is 2.24 bits per heavy atom. The van der Waals surface area contributed by atoms with Crippen molar-refractivity contribution < 1.29 is 23.9 Å². The summed E-state index contributed by atoms with van der Waals surface area (Å²) in [6.07, 6.45) is 3.75. The summed E-state index contributed by atoms with van der Waals surface area (Å²) < 4.78 is 6.67. The number of H-pyrrole nitrogens is 1. The van der Waals surface area contributed by atoms with Gasteiger partial charge >= 0.3 is 5.97 Å². The lowest BCUT2D eigenvalue weighted by Gasteiger charge is -2.17. The van der Waals surface area contributed by atoms with Crippen LogP contribution in [-0.2, 0) is 36.9 Å². The monoisotopic (exact) mass is 560 g/mol. The molecule has 0 bridgehead atoms. The van der Waals surface area contributed by atoms with E-state index in [4.69, 9.17) is 4.74 Å². The molecular formula is C33H28N4O5. The fourth-order valence-electron chi connectivity index (χ4n) is 5.58. The smallest absolute Gasteiger partial charge is 0.328 e. The molecule has 0 saturated carbocycles. The van der Waals surface area contributed by atoms with E-state index in [2.05, 4.69) is 10.3 Å². The van der Waals surface area contributed by atoms with Gasteiger partial charge in [0.05, 0.1) is 18.3 Å². The summed E-state index contributed by atoms with van der Waals surface area (Å²) in [5.41, 5.74) is 4.21. The number of likely N-dealkylation sites (N-methyl/N-ethyl adjacent to an activating group) is 1.